The highest BCUT2D eigenvalue weighted by molar-refractivity contribution is 5.90. The number of carbonyl (C=O) groups excluding carboxylic acids is 2. The van der Waals surface area contributed by atoms with Crippen molar-refractivity contribution < 1.29 is 23.6 Å². The summed E-state index contributed by atoms with van der Waals surface area (Å²) in [6.45, 7) is 0.231. The van der Waals surface area contributed by atoms with Gasteiger partial charge in [-0.05, 0) is 31.0 Å². The minimum Gasteiger partial charge on any atom is -0.454 e. The predicted molar refractivity (Wildman–Crippen MR) is 91.6 cm³/mol. The molecule has 0 spiro atoms. The van der Waals surface area contributed by atoms with Crippen LogP contribution in [0.4, 0.5) is 4.79 Å². The molecule has 1 aliphatic heterocycles. The maximum Gasteiger partial charge on any atom is 0.316 e. The SMILES string of the molecule is NC(=O)C1(NC(=O)NCc2noc(-c3ccc4c(c3)OCO4)n2)CCCC1. The van der Waals surface area contributed by atoms with Crippen LogP contribution in [0.2, 0.25) is 0 Å². The number of urea groups is 1. The van der Waals surface area contributed by atoms with Gasteiger partial charge in [0.1, 0.15) is 5.54 Å². The second-order valence-corrected chi connectivity index (χ2v) is 6.54. The molecule has 1 fully saturated rings. The number of fused-ring (bicyclic) bond motifs is 1. The van der Waals surface area contributed by atoms with Crippen LogP contribution in [0.3, 0.4) is 0 Å². The Bertz CT molecular complexity index is 874. The van der Waals surface area contributed by atoms with Gasteiger partial charge in [-0.3, -0.25) is 4.79 Å². The second-order valence-electron chi connectivity index (χ2n) is 6.54. The number of rotatable bonds is 5. The quantitative estimate of drug-likeness (QED) is 0.711. The van der Waals surface area contributed by atoms with Gasteiger partial charge in [0.15, 0.2) is 17.3 Å². The Morgan fingerprint density at radius 1 is 1.19 bits per heavy atom. The third-order valence-electron chi connectivity index (χ3n) is 4.78. The molecule has 2 aliphatic rings. The Hall–Kier alpha value is -3.30. The average Bonchev–Trinajstić information content (AvgIpc) is 3.39. The second kappa shape index (κ2) is 6.78. The maximum absolute atomic E-state index is 12.1. The van der Waals surface area contributed by atoms with Crippen molar-refractivity contribution in [1.29, 1.82) is 0 Å². The van der Waals surface area contributed by atoms with Crippen molar-refractivity contribution in [2.75, 3.05) is 6.79 Å². The van der Waals surface area contributed by atoms with Crippen molar-refractivity contribution in [3.8, 4) is 23.0 Å². The number of ether oxygens (including phenoxy) is 2. The van der Waals surface area contributed by atoms with Gasteiger partial charge in [0, 0.05) is 5.56 Å². The van der Waals surface area contributed by atoms with Crippen LogP contribution in [0, 0.1) is 0 Å². The number of carbonyl (C=O) groups is 2. The molecule has 142 valence electrons. The summed E-state index contributed by atoms with van der Waals surface area (Å²) < 4.78 is 15.8. The van der Waals surface area contributed by atoms with E-state index in [-0.39, 0.29) is 13.3 Å². The molecule has 27 heavy (non-hydrogen) atoms. The number of aromatic nitrogens is 2. The summed E-state index contributed by atoms with van der Waals surface area (Å²) in [6, 6.07) is 4.79. The molecule has 1 aromatic carbocycles. The molecule has 10 nitrogen and oxygen atoms in total. The fraction of sp³-hybridized carbons (Fsp3) is 0.412. The zero-order chi connectivity index (χ0) is 18.9. The zero-order valence-corrected chi connectivity index (χ0v) is 14.5. The molecule has 0 unspecified atom stereocenters. The van der Waals surface area contributed by atoms with Crippen molar-refractivity contribution in [2.24, 2.45) is 5.73 Å². The van der Waals surface area contributed by atoms with E-state index in [0.717, 1.165) is 12.8 Å². The molecule has 3 amide bonds. The summed E-state index contributed by atoms with van der Waals surface area (Å²) >= 11 is 0. The van der Waals surface area contributed by atoms with Gasteiger partial charge in [-0.1, -0.05) is 18.0 Å². The van der Waals surface area contributed by atoms with Gasteiger partial charge in [0.2, 0.25) is 12.7 Å². The van der Waals surface area contributed by atoms with E-state index in [4.69, 9.17) is 19.7 Å². The number of hydrogen-bond acceptors (Lipinski definition) is 7. The Balaban J connectivity index is 1.37. The molecule has 1 aliphatic carbocycles. The van der Waals surface area contributed by atoms with Crippen LogP contribution in [0.5, 0.6) is 11.5 Å². The molecule has 10 heteroatoms. The van der Waals surface area contributed by atoms with Gasteiger partial charge in [0.25, 0.3) is 5.89 Å². The third-order valence-corrected chi connectivity index (χ3v) is 4.78. The Kier molecular flexibility index (Phi) is 4.30. The van der Waals surface area contributed by atoms with Crippen molar-refractivity contribution >= 4 is 11.9 Å². The number of hydrogen-bond donors (Lipinski definition) is 3. The van der Waals surface area contributed by atoms with E-state index < -0.39 is 17.5 Å². The predicted octanol–water partition coefficient (Wildman–Crippen LogP) is 1.06. The fourth-order valence-corrected chi connectivity index (χ4v) is 3.30. The highest BCUT2D eigenvalue weighted by Gasteiger charge is 2.40. The maximum atomic E-state index is 12.1. The third kappa shape index (κ3) is 3.37. The first-order valence-corrected chi connectivity index (χ1v) is 8.64. The molecule has 0 bridgehead atoms. The van der Waals surface area contributed by atoms with Gasteiger partial charge in [0.05, 0.1) is 6.54 Å². The van der Waals surface area contributed by atoms with Crippen LogP contribution in [-0.2, 0) is 11.3 Å². The van der Waals surface area contributed by atoms with Crippen molar-refractivity contribution in [2.45, 2.75) is 37.8 Å². The molecule has 2 heterocycles. The van der Waals surface area contributed by atoms with Crippen molar-refractivity contribution in [1.82, 2.24) is 20.8 Å². The average molecular weight is 373 g/mol. The van der Waals surface area contributed by atoms with E-state index in [2.05, 4.69) is 20.8 Å². The van der Waals surface area contributed by atoms with Crippen molar-refractivity contribution in [3.63, 3.8) is 0 Å². The first-order valence-electron chi connectivity index (χ1n) is 8.64. The number of primary amides is 1. The van der Waals surface area contributed by atoms with Crippen LogP contribution in [0.25, 0.3) is 11.5 Å². The van der Waals surface area contributed by atoms with E-state index in [1.54, 1.807) is 18.2 Å². The highest BCUT2D eigenvalue weighted by Crippen LogP contribution is 2.35. The van der Waals surface area contributed by atoms with Crippen LogP contribution >= 0.6 is 0 Å². The topological polar surface area (TPSA) is 142 Å². The monoisotopic (exact) mass is 373 g/mol. The lowest BCUT2D eigenvalue weighted by atomic mass is 9.97. The molecule has 0 radical (unpaired) electrons. The molecule has 0 saturated heterocycles. The molecule has 0 atom stereocenters. The van der Waals surface area contributed by atoms with Crippen LogP contribution in [0.15, 0.2) is 22.7 Å². The van der Waals surface area contributed by atoms with E-state index in [9.17, 15) is 9.59 Å². The Labute approximate surface area is 154 Å². The molecule has 4 rings (SSSR count). The van der Waals surface area contributed by atoms with Crippen LogP contribution in [0.1, 0.15) is 31.5 Å². The van der Waals surface area contributed by atoms with Gasteiger partial charge < -0.3 is 30.4 Å². The van der Waals surface area contributed by atoms with Crippen molar-refractivity contribution in [3.05, 3.63) is 24.0 Å². The van der Waals surface area contributed by atoms with Crippen LogP contribution in [-0.4, -0.2) is 34.4 Å². The number of nitrogens with two attached hydrogens (primary N) is 1. The molecule has 2 aromatic rings. The molecular weight excluding hydrogens is 354 g/mol. The van der Waals surface area contributed by atoms with E-state index >= 15 is 0 Å². The van der Waals surface area contributed by atoms with Gasteiger partial charge in [-0.25, -0.2) is 4.79 Å². The number of nitrogens with zero attached hydrogens (tertiary/aromatic N) is 2. The first kappa shape index (κ1) is 17.1. The summed E-state index contributed by atoms with van der Waals surface area (Å²) in [5.74, 6) is 1.36. The standard InChI is InChI=1S/C17H19N5O5/c18-15(23)17(5-1-2-6-17)21-16(24)19-8-13-20-14(27-22-13)10-3-4-11-12(7-10)26-9-25-11/h3-4,7H,1-2,5-6,8-9H2,(H2,18,23)(H2,19,21,24). The summed E-state index contributed by atoms with van der Waals surface area (Å²) in [4.78, 5) is 28.1. The minimum atomic E-state index is -0.973. The Morgan fingerprint density at radius 3 is 2.74 bits per heavy atom. The normalized spacial score (nSPS) is 16.9. The smallest absolute Gasteiger partial charge is 0.316 e. The largest absolute Gasteiger partial charge is 0.454 e. The fourth-order valence-electron chi connectivity index (χ4n) is 3.30. The zero-order valence-electron chi connectivity index (χ0n) is 14.5. The summed E-state index contributed by atoms with van der Waals surface area (Å²) in [6.07, 6.45) is 2.80. The first-order chi connectivity index (χ1) is 13.1. The molecule has 1 saturated carbocycles. The van der Waals surface area contributed by atoms with E-state index in [0.29, 0.717) is 41.6 Å². The number of amides is 3. The van der Waals surface area contributed by atoms with E-state index in [1.807, 2.05) is 0 Å². The lowest BCUT2D eigenvalue weighted by Gasteiger charge is -2.26. The van der Waals surface area contributed by atoms with Crippen LogP contribution < -0.4 is 25.8 Å². The number of benzene rings is 1. The lowest BCUT2D eigenvalue weighted by Crippen LogP contribution is -2.57. The molecular formula is C17H19N5O5. The molecule has 1 aromatic heterocycles. The number of nitrogens with one attached hydrogen (secondary N) is 2. The van der Waals surface area contributed by atoms with Gasteiger partial charge in [-0.2, -0.15) is 4.98 Å². The van der Waals surface area contributed by atoms with Gasteiger partial charge in [-0.15, -0.1) is 0 Å². The van der Waals surface area contributed by atoms with Gasteiger partial charge >= 0.3 is 6.03 Å². The highest BCUT2D eigenvalue weighted by atomic mass is 16.7. The lowest BCUT2D eigenvalue weighted by molar-refractivity contribution is -0.123. The summed E-state index contributed by atoms with van der Waals surface area (Å²) in [5.41, 5.74) is 5.16. The summed E-state index contributed by atoms with van der Waals surface area (Å²) in [5, 5.41) is 9.16. The summed E-state index contributed by atoms with van der Waals surface area (Å²) in [7, 11) is 0. The Morgan fingerprint density at radius 2 is 1.96 bits per heavy atom. The van der Waals surface area contributed by atoms with E-state index in [1.165, 1.54) is 0 Å². The molecule has 4 N–H and O–H groups in total. The minimum absolute atomic E-state index is 0.0503.